The van der Waals surface area contributed by atoms with Gasteiger partial charge in [0.1, 0.15) is 0 Å². The quantitative estimate of drug-likeness (QED) is 0.241. The predicted molar refractivity (Wildman–Crippen MR) is 25.3 cm³/mol. The molecule has 0 bridgehead atoms. The van der Waals surface area contributed by atoms with Crippen molar-refractivity contribution >= 4 is 11.6 Å². The molecule has 7 heavy (non-hydrogen) atoms. The van der Waals surface area contributed by atoms with Crippen molar-refractivity contribution in [3.05, 3.63) is 11.8 Å². The standard InChI is InChI=1S/C4H6ClO.Li/c1-2-6-4-3-5;/h4H,2H2,1H3;/q-1;+1. The van der Waals surface area contributed by atoms with Crippen LogP contribution in [0.25, 0.3) is 0 Å². The zero-order valence-corrected chi connectivity index (χ0v) is 5.33. The molecule has 0 aromatic heterocycles. The molecule has 0 unspecified atom stereocenters. The first-order chi connectivity index (χ1) is 2.91. The van der Waals surface area contributed by atoms with Gasteiger partial charge in [0.05, 0.1) is 6.61 Å². The molecule has 0 aliphatic heterocycles. The van der Waals surface area contributed by atoms with Crippen LogP contribution in [0.3, 0.4) is 0 Å². The minimum absolute atomic E-state index is 0. The van der Waals surface area contributed by atoms with Gasteiger partial charge in [0.15, 0.2) is 0 Å². The summed E-state index contributed by atoms with van der Waals surface area (Å²) in [6.07, 6.45) is 1.32. The van der Waals surface area contributed by atoms with E-state index in [1.807, 2.05) is 6.92 Å². The second kappa shape index (κ2) is 9.66. The van der Waals surface area contributed by atoms with Crippen LogP contribution >= 0.6 is 11.6 Å². The van der Waals surface area contributed by atoms with E-state index in [-0.39, 0.29) is 18.9 Å². The molecule has 0 saturated carbocycles. The van der Waals surface area contributed by atoms with E-state index in [2.05, 4.69) is 10.3 Å². The summed E-state index contributed by atoms with van der Waals surface area (Å²) in [5.74, 6) is 0. The van der Waals surface area contributed by atoms with Gasteiger partial charge in [-0.25, -0.2) is 0 Å². The van der Waals surface area contributed by atoms with E-state index >= 15 is 0 Å². The van der Waals surface area contributed by atoms with Gasteiger partial charge in [-0.05, 0) is 6.92 Å². The molecule has 36 valence electrons. The molecule has 0 aromatic carbocycles. The van der Waals surface area contributed by atoms with Gasteiger partial charge in [0.25, 0.3) is 0 Å². The van der Waals surface area contributed by atoms with Gasteiger partial charge in [-0.2, -0.15) is 0 Å². The van der Waals surface area contributed by atoms with Crippen molar-refractivity contribution in [3.63, 3.8) is 0 Å². The van der Waals surface area contributed by atoms with Crippen molar-refractivity contribution < 1.29 is 23.6 Å². The fourth-order valence-electron chi connectivity index (χ4n) is 0.115. The van der Waals surface area contributed by atoms with Crippen molar-refractivity contribution in [1.29, 1.82) is 0 Å². The van der Waals surface area contributed by atoms with Crippen LogP contribution in [0.5, 0.6) is 0 Å². The summed E-state index contributed by atoms with van der Waals surface area (Å²) in [4.78, 5) is 0. The SMILES string of the molecule is CCOC=[C-]Cl.[Li+]. The van der Waals surface area contributed by atoms with Crippen molar-refractivity contribution in [2.45, 2.75) is 6.92 Å². The Bertz CT molecular complexity index is 47.0. The Balaban J connectivity index is 0. The molecule has 0 amide bonds. The third-order valence-corrected chi connectivity index (χ3v) is 0.384. The topological polar surface area (TPSA) is 9.23 Å². The van der Waals surface area contributed by atoms with Gasteiger partial charge < -0.3 is 21.9 Å². The van der Waals surface area contributed by atoms with E-state index in [0.717, 1.165) is 0 Å². The van der Waals surface area contributed by atoms with Gasteiger partial charge in [-0.3, -0.25) is 0 Å². The van der Waals surface area contributed by atoms with Crippen LogP contribution in [-0.4, -0.2) is 6.61 Å². The summed E-state index contributed by atoms with van der Waals surface area (Å²) in [6, 6.07) is 0. The number of rotatable bonds is 2. The van der Waals surface area contributed by atoms with E-state index in [1.54, 1.807) is 0 Å². The fourth-order valence-corrected chi connectivity index (χ4v) is 0.178. The largest absolute Gasteiger partial charge is 1.00 e. The zero-order valence-electron chi connectivity index (χ0n) is 4.57. The van der Waals surface area contributed by atoms with Crippen molar-refractivity contribution in [1.82, 2.24) is 0 Å². The Morgan fingerprint density at radius 2 is 2.43 bits per heavy atom. The van der Waals surface area contributed by atoms with Crippen LogP contribution in [0.4, 0.5) is 0 Å². The van der Waals surface area contributed by atoms with Gasteiger partial charge >= 0.3 is 18.9 Å². The Labute approximate surface area is 60.9 Å². The summed E-state index contributed by atoms with van der Waals surface area (Å²) in [7, 11) is 0. The van der Waals surface area contributed by atoms with Gasteiger partial charge in [-0.1, -0.05) is 6.26 Å². The minimum Gasteiger partial charge on any atom is -0.537 e. The van der Waals surface area contributed by atoms with Gasteiger partial charge in [-0.15, -0.1) is 0 Å². The third kappa shape index (κ3) is 10.7. The predicted octanol–water partition coefficient (Wildman–Crippen LogP) is -1.46. The fraction of sp³-hybridized carbons (Fsp3) is 0.500. The maximum Gasteiger partial charge on any atom is 1.00 e. The second-order valence-electron chi connectivity index (χ2n) is 0.682. The Hall–Kier alpha value is 0.427. The van der Waals surface area contributed by atoms with Crippen molar-refractivity contribution in [2.75, 3.05) is 6.61 Å². The molecule has 0 heterocycles. The molecular weight excluding hydrogens is 106 g/mol. The Morgan fingerprint density at radius 1 is 1.86 bits per heavy atom. The molecular formula is C4H6ClLiO. The van der Waals surface area contributed by atoms with E-state index in [0.29, 0.717) is 6.61 Å². The molecule has 0 rings (SSSR count). The van der Waals surface area contributed by atoms with E-state index in [9.17, 15) is 0 Å². The van der Waals surface area contributed by atoms with Crippen molar-refractivity contribution in [2.24, 2.45) is 0 Å². The smallest absolute Gasteiger partial charge is 0.537 e. The molecule has 0 atom stereocenters. The summed E-state index contributed by atoms with van der Waals surface area (Å²) >= 11 is 4.95. The number of halogens is 1. The molecule has 1 nitrogen and oxygen atoms in total. The zero-order chi connectivity index (χ0) is 4.83. The number of hydrogen-bond donors (Lipinski definition) is 0. The van der Waals surface area contributed by atoms with Crippen LogP contribution in [-0.2, 0) is 4.74 Å². The van der Waals surface area contributed by atoms with E-state index in [1.165, 1.54) is 6.26 Å². The van der Waals surface area contributed by atoms with Crippen molar-refractivity contribution in [3.8, 4) is 0 Å². The second-order valence-corrected chi connectivity index (χ2v) is 0.901. The first kappa shape index (κ1) is 10.4. The van der Waals surface area contributed by atoms with Crippen LogP contribution in [0.1, 0.15) is 6.92 Å². The van der Waals surface area contributed by atoms with E-state index in [4.69, 9.17) is 11.6 Å². The molecule has 0 saturated heterocycles. The number of ether oxygens (including phenoxy) is 1. The molecule has 0 spiro atoms. The Kier molecular flexibility index (Phi) is 14.4. The van der Waals surface area contributed by atoms with Crippen LogP contribution in [0.2, 0.25) is 0 Å². The molecule has 0 aliphatic carbocycles. The molecule has 0 aliphatic rings. The van der Waals surface area contributed by atoms with Crippen LogP contribution in [0, 0.1) is 5.54 Å². The van der Waals surface area contributed by atoms with Crippen LogP contribution in [0.15, 0.2) is 6.26 Å². The Morgan fingerprint density at radius 3 is 2.57 bits per heavy atom. The first-order valence-electron chi connectivity index (χ1n) is 1.71. The average molecular weight is 112 g/mol. The van der Waals surface area contributed by atoms with Crippen LogP contribution < -0.4 is 18.9 Å². The monoisotopic (exact) mass is 112 g/mol. The molecule has 0 radical (unpaired) electrons. The molecule has 3 heteroatoms. The summed E-state index contributed by atoms with van der Waals surface area (Å²) in [5.41, 5.74) is 2.19. The number of hydrogen-bond acceptors (Lipinski definition) is 1. The molecule has 0 fully saturated rings. The summed E-state index contributed by atoms with van der Waals surface area (Å²) in [6.45, 7) is 2.53. The summed E-state index contributed by atoms with van der Waals surface area (Å²) in [5, 5.41) is 0. The average Bonchev–Trinajstić information content (AvgIpc) is 1.61. The first-order valence-corrected chi connectivity index (χ1v) is 2.09. The molecule has 0 aromatic rings. The third-order valence-electron chi connectivity index (χ3n) is 0.295. The van der Waals surface area contributed by atoms with Gasteiger partial charge in [0, 0.05) is 0 Å². The normalized spacial score (nSPS) is 8.29. The molecule has 0 N–H and O–H groups in total. The maximum atomic E-state index is 4.95. The maximum absolute atomic E-state index is 4.95. The van der Waals surface area contributed by atoms with E-state index < -0.39 is 0 Å². The minimum atomic E-state index is 0. The van der Waals surface area contributed by atoms with Gasteiger partial charge in [0.2, 0.25) is 0 Å². The summed E-state index contributed by atoms with van der Waals surface area (Å²) < 4.78 is 4.61.